The Hall–Kier alpha value is -0.780. The number of halogens is 1. The van der Waals surface area contributed by atoms with E-state index in [0.717, 1.165) is 29.0 Å². The summed E-state index contributed by atoms with van der Waals surface area (Å²) in [5.41, 5.74) is 0. The van der Waals surface area contributed by atoms with Gasteiger partial charge in [-0.15, -0.1) is 11.8 Å². The molecular formula is C15H20BrN3S. The highest BCUT2D eigenvalue weighted by atomic mass is 79.9. The van der Waals surface area contributed by atoms with Crippen molar-refractivity contribution in [2.45, 2.75) is 30.8 Å². The molecule has 0 spiro atoms. The van der Waals surface area contributed by atoms with Gasteiger partial charge in [0.1, 0.15) is 5.82 Å². The SMILES string of the molecule is CCCn1ccnc1C(CSc1cccc(Br)c1)NC. The topological polar surface area (TPSA) is 29.9 Å². The van der Waals surface area contributed by atoms with E-state index in [1.165, 1.54) is 4.90 Å². The summed E-state index contributed by atoms with van der Waals surface area (Å²) in [6.07, 6.45) is 5.07. The van der Waals surface area contributed by atoms with Crippen LogP contribution < -0.4 is 5.32 Å². The van der Waals surface area contributed by atoms with E-state index in [1.54, 1.807) is 0 Å². The summed E-state index contributed by atoms with van der Waals surface area (Å²) in [4.78, 5) is 5.79. The first-order chi connectivity index (χ1) is 9.74. The van der Waals surface area contributed by atoms with Gasteiger partial charge < -0.3 is 9.88 Å². The van der Waals surface area contributed by atoms with Crippen molar-refractivity contribution in [1.29, 1.82) is 0 Å². The molecule has 0 aliphatic carbocycles. The molecule has 0 bridgehead atoms. The molecule has 3 nitrogen and oxygen atoms in total. The number of hydrogen-bond donors (Lipinski definition) is 1. The zero-order valence-corrected chi connectivity index (χ0v) is 14.2. The maximum absolute atomic E-state index is 4.51. The van der Waals surface area contributed by atoms with E-state index < -0.39 is 0 Å². The lowest BCUT2D eigenvalue weighted by molar-refractivity contribution is 0.552. The quantitative estimate of drug-likeness (QED) is 0.759. The van der Waals surface area contributed by atoms with Gasteiger partial charge in [-0.25, -0.2) is 4.98 Å². The van der Waals surface area contributed by atoms with Crippen molar-refractivity contribution in [1.82, 2.24) is 14.9 Å². The molecule has 2 aromatic rings. The van der Waals surface area contributed by atoms with E-state index in [0.29, 0.717) is 0 Å². The third-order valence-electron chi connectivity index (χ3n) is 3.09. The third kappa shape index (κ3) is 4.11. The largest absolute Gasteiger partial charge is 0.334 e. The number of benzene rings is 1. The van der Waals surface area contributed by atoms with Crippen LogP contribution in [0.1, 0.15) is 25.2 Å². The van der Waals surface area contributed by atoms with Crippen molar-refractivity contribution in [3.8, 4) is 0 Å². The Kier molecular flexibility index (Phi) is 6.13. The van der Waals surface area contributed by atoms with E-state index in [2.05, 4.69) is 62.1 Å². The molecule has 1 N–H and O–H groups in total. The van der Waals surface area contributed by atoms with Gasteiger partial charge in [-0.1, -0.05) is 28.9 Å². The molecular weight excluding hydrogens is 334 g/mol. The lowest BCUT2D eigenvalue weighted by Gasteiger charge is -2.17. The van der Waals surface area contributed by atoms with Gasteiger partial charge in [0.2, 0.25) is 0 Å². The zero-order valence-electron chi connectivity index (χ0n) is 11.8. The van der Waals surface area contributed by atoms with Gasteiger partial charge in [-0.05, 0) is 31.7 Å². The van der Waals surface area contributed by atoms with Crippen molar-refractivity contribution in [3.63, 3.8) is 0 Å². The number of thioether (sulfide) groups is 1. The molecule has 20 heavy (non-hydrogen) atoms. The highest BCUT2D eigenvalue weighted by Crippen LogP contribution is 2.26. The van der Waals surface area contributed by atoms with E-state index in [9.17, 15) is 0 Å². The Balaban J connectivity index is 2.03. The summed E-state index contributed by atoms with van der Waals surface area (Å²) in [5, 5.41) is 3.37. The minimum atomic E-state index is 0.264. The molecule has 0 amide bonds. The average molecular weight is 354 g/mol. The van der Waals surface area contributed by atoms with Crippen LogP contribution in [0.3, 0.4) is 0 Å². The number of imidazole rings is 1. The molecule has 1 unspecified atom stereocenters. The van der Waals surface area contributed by atoms with Crippen LogP contribution in [-0.4, -0.2) is 22.4 Å². The summed E-state index contributed by atoms with van der Waals surface area (Å²) in [7, 11) is 2.00. The maximum atomic E-state index is 4.51. The Bertz CT molecular complexity index is 541. The van der Waals surface area contributed by atoms with Crippen molar-refractivity contribution in [2.24, 2.45) is 0 Å². The van der Waals surface area contributed by atoms with Gasteiger partial charge in [0.05, 0.1) is 6.04 Å². The van der Waals surface area contributed by atoms with E-state index in [1.807, 2.05) is 31.1 Å². The highest BCUT2D eigenvalue weighted by Gasteiger charge is 2.15. The molecule has 108 valence electrons. The number of nitrogens with zero attached hydrogens (tertiary/aromatic N) is 2. The van der Waals surface area contributed by atoms with Crippen LogP contribution in [0.15, 0.2) is 46.0 Å². The fourth-order valence-electron chi connectivity index (χ4n) is 2.08. The maximum Gasteiger partial charge on any atom is 0.126 e. The number of aromatic nitrogens is 2. The lowest BCUT2D eigenvalue weighted by Crippen LogP contribution is -2.23. The van der Waals surface area contributed by atoms with Gasteiger partial charge in [0.15, 0.2) is 0 Å². The van der Waals surface area contributed by atoms with Crippen LogP contribution in [0.2, 0.25) is 0 Å². The molecule has 1 aromatic carbocycles. The third-order valence-corrected chi connectivity index (χ3v) is 4.67. The zero-order chi connectivity index (χ0) is 14.4. The number of aryl methyl sites for hydroxylation is 1. The fourth-order valence-corrected chi connectivity index (χ4v) is 3.69. The Morgan fingerprint density at radius 3 is 3.00 bits per heavy atom. The Labute approximate surface area is 133 Å². The smallest absolute Gasteiger partial charge is 0.126 e. The molecule has 5 heteroatoms. The normalized spacial score (nSPS) is 12.6. The van der Waals surface area contributed by atoms with Crippen LogP contribution in [0.25, 0.3) is 0 Å². The summed E-state index contributed by atoms with van der Waals surface area (Å²) in [5.74, 6) is 2.09. The van der Waals surface area contributed by atoms with Crippen molar-refractivity contribution < 1.29 is 0 Å². The molecule has 2 rings (SSSR count). The monoisotopic (exact) mass is 353 g/mol. The molecule has 1 atom stereocenters. The average Bonchev–Trinajstić information content (AvgIpc) is 2.89. The second-order valence-corrected chi connectivity index (χ2v) is 6.60. The van der Waals surface area contributed by atoms with Crippen molar-refractivity contribution >= 4 is 27.7 Å². The predicted molar refractivity (Wildman–Crippen MR) is 89.2 cm³/mol. The van der Waals surface area contributed by atoms with E-state index >= 15 is 0 Å². The number of hydrogen-bond acceptors (Lipinski definition) is 3. The first kappa shape index (κ1) is 15.6. The highest BCUT2D eigenvalue weighted by molar-refractivity contribution is 9.10. The molecule has 0 radical (unpaired) electrons. The molecule has 0 saturated carbocycles. The standard InChI is InChI=1S/C15H20BrN3S/c1-3-8-19-9-7-18-15(19)14(17-2)11-20-13-6-4-5-12(16)10-13/h4-7,9-10,14,17H,3,8,11H2,1-2H3. The van der Waals surface area contributed by atoms with Gasteiger partial charge >= 0.3 is 0 Å². The summed E-state index contributed by atoms with van der Waals surface area (Å²) >= 11 is 5.36. The van der Waals surface area contributed by atoms with Gasteiger partial charge in [0, 0.05) is 34.1 Å². The molecule has 0 aliphatic rings. The molecule has 1 heterocycles. The molecule has 0 saturated heterocycles. The van der Waals surface area contributed by atoms with Crippen LogP contribution in [0, 0.1) is 0 Å². The molecule has 0 fully saturated rings. The minimum Gasteiger partial charge on any atom is -0.334 e. The number of nitrogens with one attached hydrogen (secondary N) is 1. The van der Waals surface area contributed by atoms with Crippen molar-refractivity contribution in [3.05, 3.63) is 47.0 Å². The lowest BCUT2D eigenvalue weighted by atomic mass is 10.3. The van der Waals surface area contributed by atoms with Crippen LogP contribution in [0.5, 0.6) is 0 Å². The van der Waals surface area contributed by atoms with E-state index in [-0.39, 0.29) is 6.04 Å². The van der Waals surface area contributed by atoms with E-state index in [4.69, 9.17) is 0 Å². The van der Waals surface area contributed by atoms with Crippen LogP contribution >= 0.6 is 27.7 Å². The minimum absolute atomic E-state index is 0.264. The summed E-state index contributed by atoms with van der Waals surface area (Å²) in [6.45, 7) is 3.21. The first-order valence-electron chi connectivity index (χ1n) is 6.81. The molecule has 0 aliphatic heterocycles. The van der Waals surface area contributed by atoms with Gasteiger partial charge in [-0.2, -0.15) is 0 Å². The predicted octanol–water partition coefficient (Wildman–Crippen LogP) is 4.11. The van der Waals surface area contributed by atoms with Crippen LogP contribution in [0.4, 0.5) is 0 Å². The fraction of sp³-hybridized carbons (Fsp3) is 0.400. The molecule has 1 aromatic heterocycles. The Morgan fingerprint density at radius 2 is 2.30 bits per heavy atom. The van der Waals surface area contributed by atoms with Crippen LogP contribution in [-0.2, 0) is 6.54 Å². The summed E-state index contributed by atoms with van der Waals surface area (Å²) < 4.78 is 3.36. The second-order valence-electron chi connectivity index (χ2n) is 4.59. The van der Waals surface area contributed by atoms with Crippen molar-refractivity contribution in [2.75, 3.05) is 12.8 Å². The summed E-state index contributed by atoms with van der Waals surface area (Å²) in [6, 6.07) is 8.67. The van der Waals surface area contributed by atoms with Gasteiger partial charge in [-0.3, -0.25) is 0 Å². The number of rotatable bonds is 7. The Morgan fingerprint density at radius 1 is 1.45 bits per heavy atom. The van der Waals surface area contributed by atoms with Gasteiger partial charge in [0.25, 0.3) is 0 Å². The second kappa shape index (κ2) is 7.86. The first-order valence-corrected chi connectivity index (χ1v) is 8.59.